The van der Waals surface area contributed by atoms with Crippen molar-refractivity contribution in [3.05, 3.63) is 80.3 Å². The molecular formula is C50H65ClO10S2. The van der Waals surface area contributed by atoms with E-state index in [1.165, 1.54) is 36.5 Å². The normalized spacial score (nSPS) is 28.5. The van der Waals surface area contributed by atoms with Gasteiger partial charge in [0.05, 0.1) is 49.8 Å². The van der Waals surface area contributed by atoms with E-state index in [0.29, 0.717) is 55.8 Å². The van der Waals surface area contributed by atoms with Crippen LogP contribution in [0.25, 0.3) is 11.1 Å². The molecule has 13 heteroatoms. The Morgan fingerprint density at radius 3 is 1.38 bits per heavy atom. The van der Waals surface area contributed by atoms with Crippen LogP contribution in [-0.2, 0) is 68.4 Å². The fraction of sp³-hybridized carbons (Fsp3) is 0.600. The molecule has 0 aromatic heterocycles. The summed E-state index contributed by atoms with van der Waals surface area (Å²) in [5.74, 6) is -0.794. The Bertz CT molecular complexity index is 2180. The van der Waals surface area contributed by atoms with Gasteiger partial charge in [-0.2, -0.15) is 0 Å². The highest BCUT2D eigenvalue weighted by Crippen LogP contribution is 2.58. The van der Waals surface area contributed by atoms with Crippen molar-refractivity contribution in [2.45, 2.75) is 143 Å². The molecule has 344 valence electrons. The van der Waals surface area contributed by atoms with Gasteiger partial charge >= 0.3 is 5.24 Å². The summed E-state index contributed by atoms with van der Waals surface area (Å²) in [6, 6.07) is 8.64. The van der Waals surface area contributed by atoms with Gasteiger partial charge in [0.1, 0.15) is 11.5 Å². The van der Waals surface area contributed by atoms with Crippen LogP contribution in [-0.4, -0.2) is 76.6 Å². The summed E-state index contributed by atoms with van der Waals surface area (Å²) in [4.78, 5) is 27.3. The van der Waals surface area contributed by atoms with Gasteiger partial charge in [0.15, 0.2) is 23.1 Å². The number of thiocarbonyl (C=S) groups is 2. The minimum absolute atomic E-state index is 0.0361. The fourth-order valence-corrected chi connectivity index (χ4v) is 11.1. The Labute approximate surface area is 389 Å². The van der Waals surface area contributed by atoms with Crippen molar-refractivity contribution in [1.29, 1.82) is 0 Å². The number of hydrogen-bond donors (Lipinski definition) is 1. The molecule has 4 aliphatic carbocycles. The van der Waals surface area contributed by atoms with Gasteiger partial charge in [-0.05, 0) is 150 Å². The van der Waals surface area contributed by atoms with Gasteiger partial charge in [-0.1, -0.05) is 63.1 Å². The van der Waals surface area contributed by atoms with Crippen LogP contribution in [0.1, 0.15) is 126 Å². The van der Waals surface area contributed by atoms with E-state index in [1.807, 2.05) is 27.7 Å². The van der Waals surface area contributed by atoms with Crippen molar-refractivity contribution in [2.24, 2.45) is 23.7 Å². The average molecular weight is 926 g/mol. The highest BCUT2D eigenvalue weighted by Gasteiger charge is 2.61. The number of carbonyl (C=O) groups is 2. The lowest BCUT2D eigenvalue weighted by atomic mass is 9.86. The molecule has 6 atom stereocenters. The Balaban J connectivity index is 0.000000191. The van der Waals surface area contributed by atoms with Crippen molar-refractivity contribution < 1.29 is 47.9 Å². The van der Waals surface area contributed by atoms with Crippen molar-refractivity contribution in [3.63, 3.8) is 0 Å². The molecule has 4 fully saturated rings. The van der Waals surface area contributed by atoms with Crippen molar-refractivity contribution in [1.82, 2.24) is 0 Å². The maximum Gasteiger partial charge on any atom is 0.357 e. The topological polar surface area (TPSA) is 119 Å². The van der Waals surface area contributed by atoms with Gasteiger partial charge in [-0.15, -0.1) is 0 Å². The van der Waals surface area contributed by atoms with Crippen LogP contribution in [0.3, 0.4) is 0 Å². The number of methoxy groups -OCH3 is 2. The largest absolute Gasteiger partial charge is 0.511 e. The molecule has 10 nitrogen and oxygen atoms in total. The quantitative estimate of drug-likeness (QED) is 0.210. The number of allylic oxidation sites excluding steroid dienone is 4. The Hall–Kier alpha value is -3.23. The first-order valence-electron chi connectivity index (χ1n) is 22.3. The SMILES string of the molecule is CCc1cc(C)cc(CC)c1C1=C(O)C2CC3(COC(C)(C)O3)CC2C1=O.CCc1cc(C)cc(CC)c1C1=C(OC(=S)OC)C2CC3(COC(C)(C)O3)CC2C1=O.COC(=S)Cl. The molecule has 2 spiro atoms. The first-order chi connectivity index (χ1) is 29.6. The predicted octanol–water partition coefficient (Wildman–Crippen LogP) is 10.6. The maximum absolute atomic E-state index is 13.9. The van der Waals surface area contributed by atoms with Gasteiger partial charge in [-0.3, -0.25) is 9.59 Å². The number of Topliss-reactive ketones (excluding diaryl/α,β-unsaturated/α-hetero) is 2. The van der Waals surface area contributed by atoms with Crippen molar-refractivity contribution in [3.8, 4) is 0 Å². The third kappa shape index (κ3) is 9.84. The second-order valence-corrected chi connectivity index (χ2v) is 20.0. The highest BCUT2D eigenvalue weighted by molar-refractivity contribution is 7.82. The van der Waals surface area contributed by atoms with Crippen LogP contribution in [0.5, 0.6) is 0 Å². The number of benzene rings is 2. The predicted molar refractivity (Wildman–Crippen MR) is 253 cm³/mol. The Kier molecular flexibility index (Phi) is 14.8. The summed E-state index contributed by atoms with van der Waals surface area (Å²) in [6.45, 7) is 21.3. The number of ketones is 2. The van der Waals surface area contributed by atoms with Crippen LogP contribution in [0.15, 0.2) is 35.8 Å². The molecular weight excluding hydrogens is 860 g/mol. The van der Waals surface area contributed by atoms with Gasteiger partial charge in [0.2, 0.25) is 0 Å². The molecule has 1 N–H and O–H groups in total. The number of aryl methyl sites for hydroxylation is 6. The minimum atomic E-state index is -0.640. The zero-order valence-electron chi connectivity index (χ0n) is 39.0. The number of fused-ring (bicyclic) bond motifs is 2. The number of rotatable bonds is 7. The van der Waals surface area contributed by atoms with Crippen LogP contribution in [0.4, 0.5) is 0 Å². The van der Waals surface area contributed by atoms with E-state index in [9.17, 15) is 14.7 Å². The van der Waals surface area contributed by atoms with Crippen LogP contribution < -0.4 is 0 Å². The van der Waals surface area contributed by atoms with E-state index in [-0.39, 0.29) is 50.7 Å². The van der Waals surface area contributed by atoms with E-state index in [2.05, 4.69) is 82.8 Å². The zero-order valence-corrected chi connectivity index (χ0v) is 41.4. The summed E-state index contributed by atoms with van der Waals surface area (Å²) in [5.41, 5.74) is 9.37. The standard InChI is InChI=1S/C25H32O5S.C23H30O4.C2H3ClOS/c1-7-15-9-14(3)10-16(8-2)19(15)20-21(26)17-11-25(13-28-24(4,5)30-25)12-18(17)22(20)29-23(31)27-6;1-6-14-8-13(3)9-15(7-2)18(14)19-20(24)16-10-23(11-17(16)21(19)25)12-26-22(4,5)27-23;1-4-2(3)5/h9-10,17-18H,7-8,11-13H2,1-6H3;8-9,16-17,24H,6-7,10-12H2,1-5H3;1H3. The molecule has 2 aromatic carbocycles. The first-order valence-corrected chi connectivity index (χ1v) is 23.5. The average Bonchev–Trinajstić information content (AvgIpc) is 4.05. The molecule has 2 aliphatic heterocycles. The van der Waals surface area contributed by atoms with Crippen molar-refractivity contribution in [2.75, 3.05) is 27.4 Å². The van der Waals surface area contributed by atoms with Crippen LogP contribution >= 0.6 is 36.0 Å². The minimum Gasteiger partial charge on any atom is -0.511 e. The molecule has 2 saturated carbocycles. The summed E-state index contributed by atoms with van der Waals surface area (Å²) < 4.78 is 39.7. The lowest BCUT2D eigenvalue weighted by Gasteiger charge is -2.26. The molecule has 6 unspecified atom stereocenters. The Morgan fingerprint density at radius 1 is 0.667 bits per heavy atom. The third-order valence-electron chi connectivity index (χ3n) is 13.4. The molecule has 6 aliphatic rings. The summed E-state index contributed by atoms with van der Waals surface area (Å²) >= 11 is 14.5. The monoisotopic (exact) mass is 924 g/mol. The lowest BCUT2D eigenvalue weighted by molar-refractivity contribution is -0.161. The smallest absolute Gasteiger partial charge is 0.357 e. The number of halogens is 1. The van der Waals surface area contributed by atoms with E-state index < -0.39 is 22.8 Å². The lowest BCUT2D eigenvalue weighted by Crippen LogP contribution is -2.32. The number of hydrogen-bond acceptors (Lipinski definition) is 12. The van der Waals surface area contributed by atoms with E-state index in [0.717, 1.165) is 47.9 Å². The second-order valence-electron chi connectivity index (χ2n) is 18.7. The summed E-state index contributed by atoms with van der Waals surface area (Å²) in [5, 5.41) is 11.2. The number of ether oxygens (including phenoxy) is 7. The highest BCUT2D eigenvalue weighted by atomic mass is 35.5. The zero-order chi connectivity index (χ0) is 46.4. The molecule has 0 radical (unpaired) electrons. The molecule has 63 heavy (non-hydrogen) atoms. The molecule has 0 bridgehead atoms. The van der Waals surface area contributed by atoms with Gasteiger partial charge in [-0.25, -0.2) is 0 Å². The molecule has 8 rings (SSSR count). The second kappa shape index (κ2) is 18.9. The summed E-state index contributed by atoms with van der Waals surface area (Å²) in [6.07, 6.45) is 5.95. The molecule has 2 saturated heterocycles. The maximum atomic E-state index is 13.9. The number of aliphatic hydroxyl groups is 1. The van der Waals surface area contributed by atoms with Crippen LogP contribution in [0, 0.1) is 37.5 Å². The molecule has 0 amide bonds. The van der Waals surface area contributed by atoms with Crippen molar-refractivity contribution >= 4 is 68.5 Å². The fourth-order valence-electron chi connectivity index (χ4n) is 11.0. The molecule has 2 heterocycles. The first kappa shape index (κ1) is 49.2. The van der Waals surface area contributed by atoms with Crippen LogP contribution in [0.2, 0.25) is 0 Å². The van der Waals surface area contributed by atoms with E-state index in [4.69, 9.17) is 52.2 Å². The van der Waals surface area contributed by atoms with Gasteiger partial charge < -0.3 is 38.3 Å². The molecule has 2 aromatic rings. The Morgan fingerprint density at radius 2 is 1.03 bits per heavy atom. The number of aliphatic hydroxyl groups excluding tert-OH is 1. The number of carbonyl (C=O) groups excluding carboxylic acids is 2. The van der Waals surface area contributed by atoms with Gasteiger partial charge in [0, 0.05) is 35.9 Å². The van der Waals surface area contributed by atoms with E-state index >= 15 is 0 Å². The summed E-state index contributed by atoms with van der Waals surface area (Å²) in [7, 11) is 2.92. The third-order valence-corrected chi connectivity index (χ3v) is 14.0. The van der Waals surface area contributed by atoms with E-state index in [1.54, 1.807) is 0 Å². The van der Waals surface area contributed by atoms with Gasteiger partial charge in [0.25, 0.3) is 4.51 Å².